The third kappa shape index (κ3) is 6.68. The van der Waals surface area contributed by atoms with E-state index in [0.717, 1.165) is 36.1 Å². The molecule has 0 saturated heterocycles. The van der Waals surface area contributed by atoms with E-state index in [-0.39, 0.29) is 6.04 Å². The average molecular weight is 346 g/mol. The molecule has 0 aliphatic carbocycles. The summed E-state index contributed by atoms with van der Waals surface area (Å²) in [5, 5.41) is 0. The summed E-state index contributed by atoms with van der Waals surface area (Å²) in [4.78, 5) is 0. The second-order valence-electron chi connectivity index (χ2n) is 4.52. The predicted molar refractivity (Wildman–Crippen MR) is 89.2 cm³/mol. The quantitative estimate of drug-likeness (QED) is 0.679. The van der Waals surface area contributed by atoms with Gasteiger partial charge in [0.2, 0.25) is 0 Å². The van der Waals surface area contributed by atoms with Crippen LogP contribution < -0.4 is 10.5 Å². The maximum Gasteiger partial charge on any atom is 0.119 e. The zero-order valence-electron chi connectivity index (χ0n) is 11.8. The van der Waals surface area contributed by atoms with E-state index in [1.807, 2.05) is 23.9 Å². The van der Waals surface area contributed by atoms with E-state index in [4.69, 9.17) is 10.5 Å². The Labute approximate surface area is 129 Å². The SMILES string of the molecule is CCSCCCOc1ccc(Br)c(CC(N)CC)c1. The summed E-state index contributed by atoms with van der Waals surface area (Å²) < 4.78 is 6.90. The highest BCUT2D eigenvalue weighted by atomic mass is 79.9. The van der Waals surface area contributed by atoms with Crippen molar-refractivity contribution in [3.05, 3.63) is 28.2 Å². The Morgan fingerprint density at radius 2 is 2.16 bits per heavy atom. The van der Waals surface area contributed by atoms with E-state index in [1.165, 1.54) is 17.1 Å². The molecular weight excluding hydrogens is 322 g/mol. The molecule has 0 aliphatic rings. The van der Waals surface area contributed by atoms with Gasteiger partial charge in [-0.05, 0) is 54.5 Å². The fourth-order valence-corrected chi connectivity index (χ4v) is 2.74. The van der Waals surface area contributed by atoms with Gasteiger partial charge in [0, 0.05) is 10.5 Å². The van der Waals surface area contributed by atoms with Crippen molar-refractivity contribution in [2.24, 2.45) is 5.73 Å². The van der Waals surface area contributed by atoms with Crippen molar-refractivity contribution in [3.8, 4) is 5.75 Å². The molecular formula is C15H24BrNOS. The van der Waals surface area contributed by atoms with Crippen LogP contribution in [0.2, 0.25) is 0 Å². The van der Waals surface area contributed by atoms with Crippen LogP contribution in [-0.2, 0) is 6.42 Å². The highest BCUT2D eigenvalue weighted by molar-refractivity contribution is 9.10. The van der Waals surface area contributed by atoms with Crippen LogP contribution in [0.15, 0.2) is 22.7 Å². The van der Waals surface area contributed by atoms with Crippen molar-refractivity contribution in [2.75, 3.05) is 18.1 Å². The minimum absolute atomic E-state index is 0.215. The van der Waals surface area contributed by atoms with Gasteiger partial charge in [-0.25, -0.2) is 0 Å². The first-order valence-corrected chi connectivity index (χ1v) is 8.86. The number of halogens is 1. The van der Waals surface area contributed by atoms with Crippen LogP contribution in [0.4, 0.5) is 0 Å². The molecule has 0 spiro atoms. The van der Waals surface area contributed by atoms with Gasteiger partial charge in [0.1, 0.15) is 5.75 Å². The molecule has 0 bridgehead atoms. The summed E-state index contributed by atoms with van der Waals surface area (Å²) >= 11 is 5.53. The number of thioether (sulfide) groups is 1. The highest BCUT2D eigenvalue weighted by Crippen LogP contribution is 2.24. The fourth-order valence-electron chi connectivity index (χ4n) is 1.72. The van der Waals surface area contributed by atoms with E-state index in [9.17, 15) is 0 Å². The van der Waals surface area contributed by atoms with Crippen LogP contribution in [0.25, 0.3) is 0 Å². The van der Waals surface area contributed by atoms with Gasteiger partial charge in [0.05, 0.1) is 6.61 Å². The molecule has 19 heavy (non-hydrogen) atoms. The van der Waals surface area contributed by atoms with E-state index in [1.54, 1.807) is 0 Å². The second-order valence-corrected chi connectivity index (χ2v) is 6.77. The number of ether oxygens (including phenoxy) is 1. The number of hydrogen-bond acceptors (Lipinski definition) is 3. The summed E-state index contributed by atoms with van der Waals surface area (Å²) in [6.45, 7) is 5.09. The first-order chi connectivity index (χ1) is 9.17. The molecule has 2 nitrogen and oxygen atoms in total. The maximum atomic E-state index is 6.01. The first kappa shape index (κ1) is 16.9. The van der Waals surface area contributed by atoms with Gasteiger partial charge < -0.3 is 10.5 Å². The van der Waals surface area contributed by atoms with Gasteiger partial charge in [0.15, 0.2) is 0 Å². The molecule has 1 unspecified atom stereocenters. The lowest BCUT2D eigenvalue weighted by atomic mass is 10.0. The summed E-state index contributed by atoms with van der Waals surface area (Å²) in [6, 6.07) is 6.38. The Kier molecular flexibility index (Phi) is 8.58. The van der Waals surface area contributed by atoms with Crippen LogP contribution in [0.1, 0.15) is 32.3 Å². The minimum atomic E-state index is 0.215. The van der Waals surface area contributed by atoms with Gasteiger partial charge >= 0.3 is 0 Å². The molecule has 108 valence electrons. The van der Waals surface area contributed by atoms with Crippen LogP contribution in [0.3, 0.4) is 0 Å². The standard InChI is InChI=1S/C15H24BrNOS/c1-3-13(17)10-12-11-14(6-7-15(12)16)18-8-5-9-19-4-2/h6-7,11,13H,3-5,8-10,17H2,1-2H3. The number of benzene rings is 1. The van der Waals surface area contributed by atoms with E-state index in [2.05, 4.69) is 35.8 Å². The van der Waals surface area contributed by atoms with Crippen LogP contribution in [0, 0.1) is 0 Å². The molecule has 0 heterocycles. The number of hydrogen-bond donors (Lipinski definition) is 1. The fraction of sp³-hybridized carbons (Fsp3) is 0.600. The van der Waals surface area contributed by atoms with E-state index < -0.39 is 0 Å². The molecule has 0 aliphatic heterocycles. The topological polar surface area (TPSA) is 35.2 Å². The third-order valence-electron chi connectivity index (χ3n) is 2.93. The highest BCUT2D eigenvalue weighted by Gasteiger charge is 2.07. The third-order valence-corrected chi connectivity index (χ3v) is 4.69. The molecule has 0 fully saturated rings. The maximum absolute atomic E-state index is 6.01. The lowest BCUT2D eigenvalue weighted by Crippen LogP contribution is -2.21. The van der Waals surface area contributed by atoms with Crippen molar-refractivity contribution in [1.82, 2.24) is 0 Å². The summed E-state index contributed by atoms with van der Waals surface area (Å²) in [5.74, 6) is 3.29. The molecule has 0 saturated carbocycles. The van der Waals surface area contributed by atoms with Crippen molar-refractivity contribution in [3.63, 3.8) is 0 Å². The van der Waals surface area contributed by atoms with Gasteiger partial charge in [-0.15, -0.1) is 0 Å². The Morgan fingerprint density at radius 3 is 2.84 bits per heavy atom. The molecule has 1 atom stereocenters. The minimum Gasteiger partial charge on any atom is -0.494 e. The van der Waals surface area contributed by atoms with Crippen LogP contribution >= 0.6 is 27.7 Å². The molecule has 0 radical (unpaired) electrons. The predicted octanol–water partition coefficient (Wildman–Crippen LogP) is 4.25. The van der Waals surface area contributed by atoms with Crippen molar-refractivity contribution in [2.45, 2.75) is 39.2 Å². The monoisotopic (exact) mass is 345 g/mol. The molecule has 0 aromatic heterocycles. The molecule has 1 rings (SSSR count). The Hall–Kier alpha value is -0.190. The Balaban J connectivity index is 2.48. The normalized spacial score (nSPS) is 12.4. The van der Waals surface area contributed by atoms with Crippen molar-refractivity contribution < 1.29 is 4.74 Å². The Morgan fingerprint density at radius 1 is 1.37 bits per heavy atom. The van der Waals surface area contributed by atoms with E-state index in [0.29, 0.717) is 0 Å². The molecule has 1 aromatic carbocycles. The number of nitrogens with two attached hydrogens (primary N) is 1. The Bertz CT molecular complexity index is 373. The largest absolute Gasteiger partial charge is 0.494 e. The van der Waals surface area contributed by atoms with Gasteiger partial charge in [-0.1, -0.05) is 29.8 Å². The van der Waals surface area contributed by atoms with E-state index >= 15 is 0 Å². The van der Waals surface area contributed by atoms with Crippen molar-refractivity contribution in [1.29, 1.82) is 0 Å². The molecule has 2 N–H and O–H groups in total. The smallest absolute Gasteiger partial charge is 0.119 e. The molecule has 0 amide bonds. The molecule has 1 aromatic rings. The first-order valence-electron chi connectivity index (χ1n) is 6.91. The van der Waals surface area contributed by atoms with Crippen molar-refractivity contribution >= 4 is 27.7 Å². The second kappa shape index (κ2) is 9.67. The van der Waals surface area contributed by atoms with Crippen LogP contribution in [0.5, 0.6) is 5.75 Å². The summed E-state index contributed by atoms with van der Waals surface area (Å²) in [5.41, 5.74) is 7.25. The van der Waals surface area contributed by atoms with Gasteiger partial charge in [-0.3, -0.25) is 0 Å². The summed E-state index contributed by atoms with van der Waals surface area (Å²) in [6.07, 6.45) is 2.98. The van der Waals surface area contributed by atoms with Gasteiger partial charge in [0.25, 0.3) is 0 Å². The summed E-state index contributed by atoms with van der Waals surface area (Å²) in [7, 11) is 0. The molecule has 4 heteroatoms. The zero-order valence-corrected chi connectivity index (χ0v) is 14.2. The number of rotatable bonds is 9. The average Bonchev–Trinajstić information content (AvgIpc) is 2.41. The van der Waals surface area contributed by atoms with Gasteiger partial charge in [-0.2, -0.15) is 11.8 Å². The van der Waals surface area contributed by atoms with Crippen LogP contribution in [-0.4, -0.2) is 24.2 Å². The lowest BCUT2D eigenvalue weighted by Gasteiger charge is -2.13. The zero-order chi connectivity index (χ0) is 14.1. The lowest BCUT2D eigenvalue weighted by molar-refractivity contribution is 0.318.